The number of hydrogen-bond donors (Lipinski definition) is 0. The van der Waals surface area contributed by atoms with Crippen molar-refractivity contribution in [3.63, 3.8) is 0 Å². The SMILES string of the molecule is COC(=O)/C=C\C#C[Si](C)(C)C. The van der Waals surface area contributed by atoms with E-state index in [9.17, 15) is 4.79 Å². The number of methoxy groups -OCH3 is 1. The maximum atomic E-state index is 10.6. The second-order valence-corrected chi connectivity index (χ2v) is 8.13. The van der Waals surface area contributed by atoms with Crippen molar-refractivity contribution in [1.82, 2.24) is 0 Å². The lowest BCUT2D eigenvalue weighted by atomic mass is 10.5. The van der Waals surface area contributed by atoms with E-state index in [1.807, 2.05) is 0 Å². The van der Waals surface area contributed by atoms with Crippen LogP contribution in [0.2, 0.25) is 19.6 Å². The molecule has 0 aromatic heterocycles. The summed E-state index contributed by atoms with van der Waals surface area (Å²) in [6, 6.07) is 0. The Morgan fingerprint density at radius 1 is 1.42 bits per heavy atom. The summed E-state index contributed by atoms with van der Waals surface area (Å²) in [6.07, 6.45) is 2.86. The molecule has 0 aliphatic rings. The van der Waals surface area contributed by atoms with Gasteiger partial charge >= 0.3 is 5.97 Å². The molecule has 0 saturated heterocycles. The molecule has 0 radical (unpaired) electrons. The Hall–Kier alpha value is -1.01. The van der Waals surface area contributed by atoms with Crippen LogP contribution in [0.15, 0.2) is 12.2 Å². The van der Waals surface area contributed by atoms with E-state index in [0.29, 0.717) is 0 Å². The summed E-state index contributed by atoms with van der Waals surface area (Å²) in [4.78, 5) is 10.6. The van der Waals surface area contributed by atoms with E-state index in [-0.39, 0.29) is 5.97 Å². The molecule has 0 aliphatic carbocycles. The smallest absolute Gasteiger partial charge is 0.331 e. The van der Waals surface area contributed by atoms with E-state index >= 15 is 0 Å². The molecule has 0 aromatic carbocycles. The van der Waals surface area contributed by atoms with Gasteiger partial charge in [0.1, 0.15) is 8.07 Å². The summed E-state index contributed by atoms with van der Waals surface area (Å²) < 4.78 is 4.40. The highest BCUT2D eigenvalue weighted by atomic mass is 28.3. The van der Waals surface area contributed by atoms with Crippen molar-refractivity contribution in [3.05, 3.63) is 12.2 Å². The second kappa shape index (κ2) is 4.78. The van der Waals surface area contributed by atoms with Gasteiger partial charge in [-0.15, -0.1) is 5.54 Å². The van der Waals surface area contributed by atoms with Crippen molar-refractivity contribution in [2.45, 2.75) is 19.6 Å². The van der Waals surface area contributed by atoms with Crippen LogP contribution in [0.1, 0.15) is 0 Å². The molecular weight excluding hydrogens is 168 g/mol. The zero-order valence-electron chi connectivity index (χ0n) is 7.97. The molecule has 3 heteroatoms. The molecule has 0 aromatic rings. The van der Waals surface area contributed by atoms with E-state index in [1.54, 1.807) is 0 Å². The first kappa shape index (κ1) is 11.0. The Balaban J connectivity index is 4.03. The molecule has 0 bridgehead atoms. The third kappa shape index (κ3) is 7.10. The average Bonchev–Trinajstić information content (AvgIpc) is 1.96. The highest BCUT2D eigenvalue weighted by Crippen LogP contribution is 1.95. The molecule has 0 atom stereocenters. The molecule has 66 valence electrons. The fourth-order valence-electron chi connectivity index (χ4n) is 0.436. The lowest BCUT2D eigenvalue weighted by Gasteiger charge is -2.01. The summed E-state index contributed by atoms with van der Waals surface area (Å²) in [5.41, 5.74) is 3.10. The fourth-order valence-corrected chi connectivity index (χ4v) is 0.952. The second-order valence-electron chi connectivity index (χ2n) is 3.38. The molecule has 0 spiro atoms. The largest absolute Gasteiger partial charge is 0.466 e. The van der Waals surface area contributed by atoms with Gasteiger partial charge < -0.3 is 4.74 Å². The molecule has 2 nitrogen and oxygen atoms in total. The van der Waals surface area contributed by atoms with Gasteiger partial charge in [0.05, 0.1) is 7.11 Å². The van der Waals surface area contributed by atoms with Gasteiger partial charge in [0.2, 0.25) is 0 Å². The zero-order chi connectivity index (χ0) is 9.61. The number of carbonyl (C=O) groups is 1. The molecular formula is C9H14O2Si. The van der Waals surface area contributed by atoms with Crippen LogP contribution >= 0.6 is 0 Å². The van der Waals surface area contributed by atoms with Crippen molar-refractivity contribution in [1.29, 1.82) is 0 Å². The molecule has 0 fully saturated rings. The Kier molecular flexibility index (Phi) is 4.38. The van der Waals surface area contributed by atoms with Gasteiger partial charge in [-0.25, -0.2) is 4.79 Å². The van der Waals surface area contributed by atoms with Gasteiger partial charge in [-0.2, -0.15) is 0 Å². The van der Waals surface area contributed by atoms with E-state index in [1.165, 1.54) is 19.3 Å². The number of rotatable bonds is 1. The highest BCUT2D eigenvalue weighted by Gasteiger charge is 2.06. The molecule has 0 unspecified atom stereocenters. The maximum Gasteiger partial charge on any atom is 0.331 e. The van der Waals surface area contributed by atoms with Gasteiger partial charge in [0.15, 0.2) is 0 Å². The van der Waals surface area contributed by atoms with Crippen LogP contribution in [0.3, 0.4) is 0 Å². The summed E-state index contributed by atoms with van der Waals surface area (Å²) >= 11 is 0. The minimum atomic E-state index is -1.30. The summed E-state index contributed by atoms with van der Waals surface area (Å²) in [5, 5.41) is 0. The monoisotopic (exact) mass is 182 g/mol. The number of carbonyl (C=O) groups excluding carboxylic acids is 1. The first-order valence-electron chi connectivity index (χ1n) is 3.73. The highest BCUT2D eigenvalue weighted by molar-refractivity contribution is 6.83. The lowest BCUT2D eigenvalue weighted by molar-refractivity contribution is -0.134. The van der Waals surface area contributed by atoms with Gasteiger partial charge in [0.25, 0.3) is 0 Å². The fraction of sp³-hybridized carbons (Fsp3) is 0.444. The van der Waals surface area contributed by atoms with Gasteiger partial charge in [0, 0.05) is 6.08 Å². The van der Waals surface area contributed by atoms with E-state index in [2.05, 4.69) is 35.8 Å². The molecule has 0 rings (SSSR count). The Morgan fingerprint density at radius 2 is 2.00 bits per heavy atom. The van der Waals surface area contributed by atoms with Crippen LogP contribution < -0.4 is 0 Å². The van der Waals surface area contributed by atoms with E-state index in [4.69, 9.17) is 0 Å². The van der Waals surface area contributed by atoms with Crippen molar-refractivity contribution in [2.75, 3.05) is 7.11 Å². The van der Waals surface area contributed by atoms with Crippen LogP contribution in [0.25, 0.3) is 0 Å². The molecule has 0 heterocycles. The summed E-state index contributed by atoms with van der Waals surface area (Å²) in [5.74, 6) is 2.46. The number of allylic oxidation sites excluding steroid dienone is 1. The standard InChI is InChI=1S/C9H14O2Si/c1-11-9(10)7-5-6-8-12(2,3)4/h5,7H,1-4H3/b7-5-. The van der Waals surface area contributed by atoms with Crippen molar-refractivity contribution >= 4 is 14.0 Å². The van der Waals surface area contributed by atoms with Gasteiger partial charge in [-0.1, -0.05) is 25.6 Å². The third-order valence-corrected chi connectivity index (χ3v) is 1.85. The van der Waals surface area contributed by atoms with Crippen molar-refractivity contribution < 1.29 is 9.53 Å². The van der Waals surface area contributed by atoms with Crippen LogP contribution in [0.5, 0.6) is 0 Å². The molecule has 0 N–H and O–H groups in total. The lowest BCUT2D eigenvalue weighted by Crippen LogP contribution is -2.16. The normalized spacial score (nSPS) is 10.7. The number of hydrogen-bond acceptors (Lipinski definition) is 2. The molecule has 0 amide bonds. The predicted molar refractivity (Wildman–Crippen MR) is 52.3 cm³/mol. The first-order valence-corrected chi connectivity index (χ1v) is 7.23. The summed E-state index contributed by atoms with van der Waals surface area (Å²) in [7, 11) is 0.0419. The van der Waals surface area contributed by atoms with Crippen LogP contribution in [-0.4, -0.2) is 21.2 Å². The molecule has 0 saturated carbocycles. The average molecular weight is 182 g/mol. The quantitative estimate of drug-likeness (QED) is 0.266. The van der Waals surface area contributed by atoms with E-state index < -0.39 is 8.07 Å². The van der Waals surface area contributed by atoms with Gasteiger partial charge in [-0.3, -0.25) is 0 Å². The molecule has 12 heavy (non-hydrogen) atoms. The zero-order valence-corrected chi connectivity index (χ0v) is 8.97. The minimum Gasteiger partial charge on any atom is -0.466 e. The maximum absolute atomic E-state index is 10.6. The Labute approximate surface area is 74.6 Å². The first-order chi connectivity index (χ1) is 5.45. The molecule has 0 aliphatic heterocycles. The summed E-state index contributed by atoms with van der Waals surface area (Å²) in [6.45, 7) is 6.43. The van der Waals surface area contributed by atoms with Crippen molar-refractivity contribution in [2.24, 2.45) is 0 Å². The number of esters is 1. The van der Waals surface area contributed by atoms with Gasteiger partial charge in [-0.05, 0) is 6.08 Å². The van der Waals surface area contributed by atoms with Crippen LogP contribution in [0, 0.1) is 11.5 Å². The third-order valence-electron chi connectivity index (χ3n) is 0.951. The minimum absolute atomic E-state index is 0.361. The topological polar surface area (TPSA) is 26.3 Å². The van der Waals surface area contributed by atoms with Crippen LogP contribution in [0.4, 0.5) is 0 Å². The van der Waals surface area contributed by atoms with Crippen LogP contribution in [-0.2, 0) is 9.53 Å². The predicted octanol–water partition coefficient (Wildman–Crippen LogP) is 1.60. The Morgan fingerprint density at radius 3 is 2.42 bits per heavy atom. The van der Waals surface area contributed by atoms with Crippen molar-refractivity contribution in [3.8, 4) is 11.5 Å². The number of ether oxygens (including phenoxy) is 1. The Bertz CT molecular complexity index is 237. The van der Waals surface area contributed by atoms with E-state index in [0.717, 1.165) is 0 Å².